The van der Waals surface area contributed by atoms with Crippen LogP contribution >= 0.6 is 0 Å². The van der Waals surface area contributed by atoms with E-state index in [4.69, 9.17) is 4.74 Å². The lowest BCUT2D eigenvalue weighted by Gasteiger charge is -2.20. The first kappa shape index (κ1) is 25.1. The number of nitrogens with one attached hydrogen (secondary N) is 2. The molecule has 0 aliphatic heterocycles. The van der Waals surface area contributed by atoms with Crippen LogP contribution in [0.3, 0.4) is 0 Å². The molecule has 0 spiro atoms. The molecule has 0 aliphatic carbocycles. The van der Waals surface area contributed by atoms with E-state index >= 15 is 0 Å². The van der Waals surface area contributed by atoms with Gasteiger partial charge in [-0.2, -0.15) is 0 Å². The third-order valence-corrected chi connectivity index (χ3v) is 5.24. The van der Waals surface area contributed by atoms with Crippen molar-refractivity contribution in [2.75, 3.05) is 18.1 Å². The van der Waals surface area contributed by atoms with Gasteiger partial charge >= 0.3 is 0 Å². The molecule has 0 atom stereocenters. The van der Waals surface area contributed by atoms with Crippen LogP contribution in [0.15, 0.2) is 43.0 Å². The SMILES string of the molecule is C=Cc1cc(CNC(=O)C=Cc2ccc(C(C)(C)C)cc2OC)cc(F)c1NS(C)(=O)=O. The van der Waals surface area contributed by atoms with E-state index < -0.39 is 15.8 Å². The van der Waals surface area contributed by atoms with Crippen LogP contribution in [0.2, 0.25) is 0 Å². The Kier molecular flexibility index (Phi) is 7.85. The summed E-state index contributed by atoms with van der Waals surface area (Å²) in [6, 6.07) is 8.55. The van der Waals surface area contributed by atoms with Crippen molar-refractivity contribution < 1.29 is 22.3 Å². The molecule has 0 aromatic heterocycles. The van der Waals surface area contributed by atoms with Gasteiger partial charge in [-0.1, -0.05) is 45.6 Å². The number of benzene rings is 2. The molecule has 6 nitrogen and oxygen atoms in total. The summed E-state index contributed by atoms with van der Waals surface area (Å²) in [6.45, 7) is 9.96. The number of amides is 1. The largest absolute Gasteiger partial charge is 0.496 e. The number of hydrogen-bond donors (Lipinski definition) is 2. The molecule has 1 amide bonds. The molecule has 2 aromatic carbocycles. The van der Waals surface area contributed by atoms with Crippen LogP contribution in [0.1, 0.15) is 43.0 Å². The van der Waals surface area contributed by atoms with Crippen LogP contribution in [-0.4, -0.2) is 27.7 Å². The maximum absolute atomic E-state index is 14.4. The van der Waals surface area contributed by atoms with Gasteiger partial charge in [0.25, 0.3) is 0 Å². The van der Waals surface area contributed by atoms with Crippen molar-refractivity contribution >= 4 is 33.8 Å². The van der Waals surface area contributed by atoms with Crippen LogP contribution < -0.4 is 14.8 Å². The number of anilines is 1. The lowest BCUT2D eigenvalue weighted by molar-refractivity contribution is -0.116. The molecule has 2 rings (SSSR count). The molecule has 0 heterocycles. The van der Waals surface area contributed by atoms with Gasteiger partial charge in [0, 0.05) is 23.7 Å². The molecule has 2 aromatic rings. The van der Waals surface area contributed by atoms with E-state index in [1.54, 1.807) is 19.3 Å². The first-order valence-corrected chi connectivity index (χ1v) is 11.8. The van der Waals surface area contributed by atoms with Crippen molar-refractivity contribution in [3.8, 4) is 5.75 Å². The minimum atomic E-state index is -3.65. The molecule has 172 valence electrons. The monoisotopic (exact) mass is 460 g/mol. The molecule has 0 radical (unpaired) electrons. The number of methoxy groups -OCH3 is 1. The van der Waals surface area contributed by atoms with E-state index in [1.165, 1.54) is 18.2 Å². The second-order valence-corrected chi connectivity index (χ2v) is 10.1. The fourth-order valence-corrected chi connectivity index (χ4v) is 3.56. The zero-order chi connectivity index (χ0) is 24.1. The fraction of sp³-hybridized carbons (Fsp3) is 0.292. The van der Waals surface area contributed by atoms with Crippen molar-refractivity contribution in [2.45, 2.75) is 32.7 Å². The standard InChI is InChI=1S/C24H29FN2O4S/c1-7-17-12-16(13-20(25)23(17)27-32(6,29)30)15-26-22(28)11-9-18-8-10-19(24(2,3)4)14-21(18)31-5/h7-14,27H,1,15H2,2-6H3,(H,26,28). The fourth-order valence-electron chi connectivity index (χ4n) is 2.97. The van der Waals surface area contributed by atoms with E-state index in [0.29, 0.717) is 11.3 Å². The van der Waals surface area contributed by atoms with E-state index in [2.05, 4.69) is 37.4 Å². The van der Waals surface area contributed by atoms with Crippen LogP contribution in [-0.2, 0) is 26.8 Å². The third kappa shape index (κ3) is 6.95. The molecule has 8 heteroatoms. The van der Waals surface area contributed by atoms with Gasteiger partial charge in [0.15, 0.2) is 0 Å². The maximum atomic E-state index is 14.4. The molecular formula is C24H29FN2O4S. The summed E-state index contributed by atoms with van der Waals surface area (Å²) in [6.07, 6.45) is 5.30. The first-order chi connectivity index (χ1) is 14.8. The second kappa shape index (κ2) is 9.99. The van der Waals surface area contributed by atoms with Crippen LogP contribution in [0.4, 0.5) is 10.1 Å². The van der Waals surface area contributed by atoms with Crippen molar-refractivity contribution in [2.24, 2.45) is 0 Å². The summed E-state index contributed by atoms with van der Waals surface area (Å²) >= 11 is 0. The van der Waals surface area contributed by atoms with Gasteiger partial charge in [-0.3, -0.25) is 9.52 Å². The lowest BCUT2D eigenvalue weighted by Crippen LogP contribution is -2.20. The molecule has 0 unspecified atom stereocenters. The smallest absolute Gasteiger partial charge is 0.244 e. The summed E-state index contributed by atoms with van der Waals surface area (Å²) in [7, 11) is -2.07. The summed E-state index contributed by atoms with van der Waals surface area (Å²) in [5.41, 5.74) is 2.41. The predicted molar refractivity (Wildman–Crippen MR) is 128 cm³/mol. The lowest BCUT2D eigenvalue weighted by atomic mass is 9.86. The minimum absolute atomic E-state index is 0.0289. The number of carbonyl (C=O) groups excluding carboxylic acids is 1. The van der Waals surface area contributed by atoms with E-state index in [9.17, 15) is 17.6 Å². The van der Waals surface area contributed by atoms with Gasteiger partial charge in [-0.15, -0.1) is 0 Å². The Hall–Kier alpha value is -3.13. The number of hydrogen-bond acceptors (Lipinski definition) is 4. The number of sulfonamides is 1. The predicted octanol–water partition coefficient (Wildman–Crippen LogP) is 4.48. The number of ether oxygens (including phenoxy) is 1. The summed E-state index contributed by atoms with van der Waals surface area (Å²) in [5, 5.41) is 2.68. The van der Waals surface area contributed by atoms with Crippen LogP contribution in [0, 0.1) is 5.82 Å². The van der Waals surface area contributed by atoms with Crippen LogP contribution in [0.5, 0.6) is 5.75 Å². The Morgan fingerprint density at radius 3 is 2.44 bits per heavy atom. The summed E-state index contributed by atoms with van der Waals surface area (Å²) < 4.78 is 44.9. The quantitative estimate of drug-likeness (QED) is 0.569. The highest BCUT2D eigenvalue weighted by atomic mass is 32.2. The van der Waals surface area contributed by atoms with Crippen molar-refractivity contribution in [1.29, 1.82) is 0 Å². The van der Waals surface area contributed by atoms with Gasteiger partial charge in [0.05, 0.1) is 19.1 Å². The molecule has 0 saturated carbocycles. The van der Waals surface area contributed by atoms with Crippen molar-refractivity contribution in [3.63, 3.8) is 0 Å². The average Bonchev–Trinajstić information content (AvgIpc) is 2.70. The first-order valence-electron chi connectivity index (χ1n) is 9.91. The normalized spacial score (nSPS) is 11.9. The average molecular weight is 461 g/mol. The molecule has 0 fully saturated rings. The topological polar surface area (TPSA) is 84.5 Å². The second-order valence-electron chi connectivity index (χ2n) is 8.38. The Morgan fingerprint density at radius 1 is 1.19 bits per heavy atom. The highest BCUT2D eigenvalue weighted by molar-refractivity contribution is 7.92. The highest BCUT2D eigenvalue weighted by Crippen LogP contribution is 2.29. The van der Waals surface area contributed by atoms with Gasteiger partial charge in [0.1, 0.15) is 11.6 Å². The summed E-state index contributed by atoms with van der Waals surface area (Å²) in [4.78, 5) is 12.3. The highest BCUT2D eigenvalue weighted by Gasteiger charge is 2.16. The van der Waals surface area contributed by atoms with Crippen LogP contribution in [0.25, 0.3) is 12.2 Å². The van der Waals surface area contributed by atoms with Gasteiger partial charge in [-0.05, 0) is 40.8 Å². The Bertz CT molecular complexity index is 1150. The third-order valence-electron chi connectivity index (χ3n) is 4.67. The molecule has 2 N–H and O–H groups in total. The number of halogens is 1. The zero-order valence-corrected chi connectivity index (χ0v) is 19.8. The van der Waals surface area contributed by atoms with E-state index in [-0.39, 0.29) is 29.1 Å². The Labute approximate surface area is 189 Å². The number of carbonyl (C=O) groups is 1. The van der Waals surface area contributed by atoms with E-state index in [0.717, 1.165) is 17.4 Å². The molecule has 0 aliphatic rings. The number of rotatable bonds is 8. The molecule has 32 heavy (non-hydrogen) atoms. The minimum Gasteiger partial charge on any atom is -0.496 e. The van der Waals surface area contributed by atoms with Crippen molar-refractivity contribution in [1.82, 2.24) is 5.32 Å². The Balaban J connectivity index is 2.12. The zero-order valence-electron chi connectivity index (χ0n) is 19.0. The van der Waals surface area contributed by atoms with Crippen molar-refractivity contribution in [3.05, 3.63) is 71.1 Å². The maximum Gasteiger partial charge on any atom is 0.244 e. The molecular weight excluding hydrogens is 431 g/mol. The van der Waals surface area contributed by atoms with Gasteiger partial charge < -0.3 is 10.1 Å². The van der Waals surface area contributed by atoms with E-state index in [1.807, 2.05) is 18.2 Å². The Morgan fingerprint density at radius 2 is 1.88 bits per heavy atom. The molecule has 0 saturated heterocycles. The van der Waals surface area contributed by atoms with Gasteiger partial charge in [-0.25, -0.2) is 12.8 Å². The molecule has 0 bridgehead atoms. The van der Waals surface area contributed by atoms with Gasteiger partial charge in [0.2, 0.25) is 15.9 Å². The summed E-state index contributed by atoms with van der Waals surface area (Å²) in [5.74, 6) is -0.463.